The lowest BCUT2D eigenvalue weighted by atomic mass is 9.86. The van der Waals surface area contributed by atoms with Crippen molar-refractivity contribution in [1.82, 2.24) is 0 Å². The van der Waals surface area contributed by atoms with Gasteiger partial charge < -0.3 is 9.84 Å². The molecule has 3 aromatic rings. The maximum absolute atomic E-state index is 14.7. The fourth-order valence-electron chi connectivity index (χ4n) is 4.47. The van der Waals surface area contributed by atoms with Gasteiger partial charge in [-0.05, 0) is 61.9 Å². The minimum absolute atomic E-state index is 0.202. The quantitative estimate of drug-likeness (QED) is 0.307. The molecule has 1 N–H and O–H groups in total. The molecular formula is C27H22F7NO5S. The van der Waals surface area contributed by atoms with Crippen LogP contribution in [0, 0.1) is 11.2 Å². The third-order valence-electron chi connectivity index (χ3n) is 6.56. The zero-order valence-corrected chi connectivity index (χ0v) is 22.2. The van der Waals surface area contributed by atoms with Crippen LogP contribution in [0.4, 0.5) is 36.4 Å². The Hall–Kier alpha value is -3.81. The van der Waals surface area contributed by atoms with Crippen LogP contribution >= 0.6 is 0 Å². The van der Waals surface area contributed by atoms with Gasteiger partial charge in [0.2, 0.25) is 0 Å². The molecule has 0 spiro atoms. The average molecular weight is 606 g/mol. The van der Waals surface area contributed by atoms with Gasteiger partial charge in [-0.15, -0.1) is 0 Å². The van der Waals surface area contributed by atoms with Crippen LogP contribution < -0.4 is 9.04 Å². The Bertz CT molecular complexity index is 1600. The standard InChI is InChI=1S/C27H22F7NO5S/c1-25(2,24(36)37)13-17-14-35(41(38,39)18-6-3-5-16(12-18)26(29,30)31)21-11-15(9-10-22(21)40-17)23-19(27(32,33)34)7-4-8-20(23)28/h3-12,17H,13-14H2,1-2H3,(H,36,37)/t17-/m0/s1. The molecule has 0 aromatic heterocycles. The number of benzene rings is 3. The molecule has 0 amide bonds. The number of alkyl halides is 6. The fourth-order valence-corrected chi connectivity index (χ4v) is 6.02. The second kappa shape index (κ2) is 10.2. The average Bonchev–Trinajstić information content (AvgIpc) is 2.86. The maximum Gasteiger partial charge on any atom is 0.417 e. The largest absolute Gasteiger partial charge is 0.486 e. The second-order valence-electron chi connectivity index (χ2n) is 10.0. The van der Waals surface area contributed by atoms with Crippen molar-refractivity contribution in [1.29, 1.82) is 0 Å². The summed E-state index contributed by atoms with van der Waals surface area (Å²) < 4.78 is 130. The van der Waals surface area contributed by atoms with Gasteiger partial charge in [0.05, 0.1) is 33.7 Å². The normalized spacial score (nSPS) is 16.2. The summed E-state index contributed by atoms with van der Waals surface area (Å²) in [7, 11) is -4.82. The molecule has 0 saturated heterocycles. The Morgan fingerprint density at radius 3 is 2.24 bits per heavy atom. The number of ether oxygens (including phenoxy) is 1. The van der Waals surface area contributed by atoms with Crippen LogP contribution in [0.5, 0.6) is 5.75 Å². The molecule has 1 aliphatic rings. The second-order valence-corrected chi connectivity index (χ2v) is 11.9. The first-order valence-electron chi connectivity index (χ1n) is 11.9. The van der Waals surface area contributed by atoms with Crippen LogP contribution in [0.25, 0.3) is 11.1 Å². The summed E-state index contributed by atoms with van der Waals surface area (Å²) in [5.74, 6) is -2.68. The summed E-state index contributed by atoms with van der Waals surface area (Å²) in [6.45, 7) is 2.13. The third-order valence-corrected chi connectivity index (χ3v) is 8.34. The number of halogens is 7. The molecule has 0 saturated carbocycles. The highest BCUT2D eigenvalue weighted by Gasteiger charge is 2.41. The Labute approximate surface area is 230 Å². The predicted molar refractivity (Wildman–Crippen MR) is 133 cm³/mol. The first kappa shape index (κ1) is 30.2. The minimum Gasteiger partial charge on any atom is -0.486 e. The van der Waals surface area contributed by atoms with E-state index in [4.69, 9.17) is 4.74 Å². The van der Waals surface area contributed by atoms with Crippen LogP contribution in [-0.4, -0.2) is 32.1 Å². The van der Waals surface area contributed by atoms with E-state index in [0.29, 0.717) is 22.5 Å². The lowest BCUT2D eigenvalue weighted by Gasteiger charge is -2.38. The van der Waals surface area contributed by atoms with E-state index >= 15 is 0 Å². The molecule has 1 aliphatic heterocycles. The SMILES string of the molecule is CC(C)(C[C@H]1CN(S(=O)(=O)c2cccc(C(F)(F)F)c2)c2cc(-c3c(F)cccc3C(F)(F)F)ccc2O1)C(=O)O. The molecule has 220 valence electrons. The highest BCUT2D eigenvalue weighted by atomic mass is 32.2. The molecule has 3 aromatic carbocycles. The monoisotopic (exact) mass is 605 g/mol. The van der Waals surface area contributed by atoms with E-state index in [-0.39, 0.29) is 23.4 Å². The number of nitrogens with zero attached hydrogens (tertiary/aromatic N) is 1. The summed E-state index contributed by atoms with van der Waals surface area (Å²) in [6, 6.07) is 8.29. The molecule has 0 aliphatic carbocycles. The minimum atomic E-state index is -4.97. The predicted octanol–water partition coefficient (Wildman–Crippen LogP) is 6.99. The Morgan fingerprint density at radius 2 is 1.63 bits per heavy atom. The van der Waals surface area contributed by atoms with Gasteiger partial charge in [0.25, 0.3) is 10.0 Å². The third kappa shape index (κ3) is 5.97. The number of carboxylic acids is 1. The number of aliphatic carboxylic acids is 1. The van der Waals surface area contributed by atoms with Gasteiger partial charge in [0.15, 0.2) is 0 Å². The number of anilines is 1. The molecular weight excluding hydrogens is 583 g/mol. The van der Waals surface area contributed by atoms with Crippen molar-refractivity contribution < 1.29 is 53.8 Å². The van der Waals surface area contributed by atoms with Crippen molar-refractivity contribution in [2.45, 2.75) is 43.6 Å². The van der Waals surface area contributed by atoms with Gasteiger partial charge in [-0.2, -0.15) is 26.3 Å². The molecule has 6 nitrogen and oxygen atoms in total. The molecule has 41 heavy (non-hydrogen) atoms. The number of sulfonamides is 1. The zero-order chi connectivity index (χ0) is 30.5. The summed E-state index contributed by atoms with van der Waals surface area (Å²) in [5, 5.41) is 9.54. The van der Waals surface area contributed by atoms with E-state index in [1.165, 1.54) is 13.8 Å². The highest BCUT2D eigenvalue weighted by Crippen LogP contribution is 2.45. The molecule has 0 unspecified atom stereocenters. The molecule has 0 fully saturated rings. The fraction of sp³-hybridized carbons (Fsp3) is 0.296. The number of carboxylic acid groups (broad SMARTS) is 1. The van der Waals surface area contributed by atoms with Gasteiger partial charge >= 0.3 is 18.3 Å². The van der Waals surface area contributed by atoms with E-state index in [9.17, 15) is 49.1 Å². The Morgan fingerprint density at radius 1 is 0.976 bits per heavy atom. The van der Waals surface area contributed by atoms with Crippen LogP contribution in [0.1, 0.15) is 31.4 Å². The van der Waals surface area contributed by atoms with E-state index in [1.54, 1.807) is 0 Å². The lowest BCUT2D eigenvalue weighted by molar-refractivity contribution is -0.148. The van der Waals surface area contributed by atoms with Gasteiger partial charge in [0, 0.05) is 12.0 Å². The molecule has 1 atom stereocenters. The summed E-state index contributed by atoms with van der Waals surface area (Å²) in [6.07, 6.45) is -11.2. The van der Waals surface area contributed by atoms with E-state index in [2.05, 4.69) is 0 Å². The first-order chi connectivity index (χ1) is 18.8. The van der Waals surface area contributed by atoms with E-state index < -0.39 is 73.8 Å². The first-order valence-corrected chi connectivity index (χ1v) is 13.4. The zero-order valence-electron chi connectivity index (χ0n) is 21.3. The van der Waals surface area contributed by atoms with E-state index in [0.717, 1.165) is 42.5 Å². The molecule has 4 rings (SSSR count). The van der Waals surface area contributed by atoms with Gasteiger partial charge in [-0.1, -0.05) is 18.2 Å². The highest BCUT2D eigenvalue weighted by molar-refractivity contribution is 7.92. The van der Waals surface area contributed by atoms with Crippen molar-refractivity contribution in [3.63, 3.8) is 0 Å². The molecule has 14 heteroatoms. The Kier molecular flexibility index (Phi) is 7.52. The molecule has 0 bridgehead atoms. The topological polar surface area (TPSA) is 83.9 Å². The Balaban J connectivity index is 1.91. The number of rotatable bonds is 6. The number of fused-ring (bicyclic) bond motifs is 1. The van der Waals surface area contributed by atoms with Crippen molar-refractivity contribution in [2.75, 3.05) is 10.8 Å². The van der Waals surface area contributed by atoms with Crippen LogP contribution in [0.2, 0.25) is 0 Å². The van der Waals surface area contributed by atoms with Gasteiger partial charge in [-0.25, -0.2) is 12.8 Å². The smallest absolute Gasteiger partial charge is 0.417 e. The number of hydrogen-bond donors (Lipinski definition) is 1. The summed E-state index contributed by atoms with van der Waals surface area (Å²) in [5.41, 5.74) is -5.60. The maximum atomic E-state index is 14.7. The van der Waals surface area contributed by atoms with Crippen LogP contribution in [0.15, 0.2) is 65.6 Å². The summed E-state index contributed by atoms with van der Waals surface area (Å²) in [4.78, 5) is 10.9. The van der Waals surface area contributed by atoms with Crippen molar-refractivity contribution in [2.24, 2.45) is 5.41 Å². The number of carbonyl (C=O) groups is 1. The molecule has 0 radical (unpaired) electrons. The van der Waals surface area contributed by atoms with Gasteiger partial charge in [-0.3, -0.25) is 9.10 Å². The van der Waals surface area contributed by atoms with Crippen molar-refractivity contribution in [3.8, 4) is 16.9 Å². The van der Waals surface area contributed by atoms with Crippen molar-refractivity contribution >= 4 is 21.7 Å². The van der Waals surface area contributed by atoms with Crippen LogP contribution in [-0.2, 0) is 27.2 Å². The molecule has 1 heterocycles. The van der Waals surface area contributed by atoms with E-state index in [1.807, 2.05) is 0 Å². The van der Waals surface area contributed by atoms with Crippen LogP contribution in [0.3, 0.4) is 0 Å². The van der Waals surface area contributed by atoms with Crippen molar-refractivity contribution in [3.05, 3.63) is 77.6 Å². The summed E-state index contributed by atoms with van der Waals surface area (Å²) >= 11 is 0. The lowest BCUT2D eigenvalue weighted by Crippen LogP contribution is -2.46. The number of hydrogen-bond acceptors (Lipinski definition) is 4. The van der Waals surface area contributed by atoms with Gasteiger partial charge in [0.1, 0.15) is 17.7 Å².